The Labute approximate surface area is 214 Å². The Hall–Kier alpha value is -2.36. The molecule has 1 aliphatic rings. The van der Waals surface area contributed by atoms with E-state index in [2.05, 4.69) is 10.1 Å². The van der Waals surface area contributed by atoms with Crippen LogP contribution < -0.4 is 0 Å². The highest BCUT2D eigenvalue weighted by Gasteiger charge is 2.66. The van der Waals surface area contributed by atoms with Crippen molar-refractivity contribution in [3.63, 3.8) is 0 Å². The number of ether oxygens (including phenoxy) is 4. The molecule has 2 aromatic heterocycles. The molecule has 1 N–H and O–H groups in total. The zero-order valence-corrected chi connectivity index (χ0v) is 22.9. The van der Waals surface area contributed by atoms with Gasteiger partial charge in [-0.15, -0.1) is 0 Å². The van der Waals surface area contributed by atoms with Gasteiger partial charge in [-0.05, 0) is 67.5 Å². The number of aryl methyl sites for hydroxylation is 1. The Balaban J connectivity index is 2.07. The molecule has 36 heavy (non-hydrogen) atoms. The summed E-state index contributed by atoms with van der Waals surface area (Å²) in [5.41, 5.74) is 4.17. The minimum absolute atomic E-state index is 0.227. The molecule has 0 amide bonds. The summed E-state index contributed by atoms with van der Waals surface area (Å²) in [6.07, 6.45) is 6.23. The molecule has 0 spiro atoms. The SMILES string of the molecule is CC(C)=CCOC[C@H]1OC(O)(c2ccc3c(C)ncnn23)[C@](C)(OCC=C(C)C)[C@@H]1OCC=C(C)C. The van der Waals surface area contributed by atoms with Gasteiger partial charge >= 0.3 is 0 Å². The minimum Gasteiger partial charge on any atom is -0.375 e. The molecule has 3 heterocycles. The van der Waals surface area contributed by atoms with Crippen LogP contribution in [0.3, 0.4) is 0 Å². The molecule has 0 bridgehead atoms. The number of nitrogens with zero attached hydrogens (tertiary/aromatic N) is 3. The number of aliphatic hydroxyl groups is 1. The van der Waals surface area contributed by atoms with Crippen molar-refractivity contribution in [2.45, 2.75) is 79.0 Å². The molecular formula is C28H41N3O5. The first-order chi connectivity index (χ1) is 17.0. The second-order valence-corrected chi connectivity index (χ2v) is 10.2. The number of hydrogen-bond donors (Lipinski definition) is 1. The van der Waals surface area contributed by atoms with Crippen molar-refractivity contribution in [1.29, 1.82) is 0 Å². The molecule has 0 radical (unpaired) electrons. The van der Waals surface area contributed by atoms with Crippen molar-refractivity contribution in [1.82, 2.24) is 14.6 Å². The molecule has 0 aromatic carbocycles. The molecule has 1 saturated heterocycles. The van der Waals surface area contributed by atoms with E-state index in [0.29, 0.717) is 18.9 Å². The van der Waals surface area contributed by atoms with Crippen molar-refractivity contribution < 1.29 is 24.1 Å². The Morgan fingerprint density at radius 2 is 1.67 bits per heavy atom. The van der Waals surface area contributed by atoms with E-state index in [9.17, 15) is 5.11 Å². The van der Waals surface area contributed by atoms with E-state index in [1.165, 1.54) is 11.9 Å². The van der Waals surface area contributed by atoms with Crippen LogP contribution in [-0.4, -0.2) is 63.9 Å². The van der Waals surface area contributed by atoms with Crippen molar-refractivity contribution in [3.8, 4) is 0 Å². The van der Waals surface area contributed by atoms with Gasteiger partial charge in [-0.25, -0.2) is 9.50 Å². The van der Waals surface area contributed by atoms with Gasteiger partial charge in [-0.1, -0.05) is 34.9 Å². The Morgan fingerprint density at radius 1 is 1.03 bits per heavy atom. The van der Waals surface area contributed by atoms with Crippen LogP contribution in [0.15, 0.2) is 53.4 Å². The number of aromatic nitrogens is 3. The second-order valence-electron chi connectivity index (χ2n) is 10.2. The van der Waals surface area contributed by atoms with Crippen molar-refractivity contribution in [3.05, 3.63) is 64.8 Å². The summed E-state index contributed by atoms with van der Waals surface area (Å²) in [4.78, 5) is 4.28. The normalized spacial score (nSPS) is 25.7. The second kappa shape index (κ2) is 11.8. The quantitative estimate of drug-likeness (QED) is 0.355. The Kier molecular flexibility index (Phi) is 9.24. The van der Waals surface area contributed by atoms with Crippen molar-refractivity contribution in [2.24, 2.45) is 0 Å². The Bertz CT molecular complexity index is 1130. The number of allylic oxidation sites excluding steroid dienone is 3. The van der Waals surface area contributed by atoms with E-state index in [-0.39, 0.29) is 13.2 Å². The maximum absolute atomic E-state index is 12.3. The predicted molar refractivity (Wildman–Crippen MR) is 140 cm³/mol. The zero-order valence-electron chi connectivity index (χ0n) is 22.9. The summed E-state index contributed by atoms with van der Waals surface area (Å²) in [5, 5.41) is 16.7. The summed E-state index contributed by atoms with van der Waals surface area (Å²) in [6.45, 7) is 17.1. The molecule has 1 fully saturated rings. The van der Waals surface area contributed by atoms with Gasteiger partial charge in [0.15, 0.2) is 5.60 Å². The standard InChI is InChI=1S/C28H41N3O5/c1-19(2)11-14-33-17-24-26(34-15-12-20(3)4)27(8,35-16-13-21(5)6)28(32,36-24)25-10-9-23-22(7)29-18-30-31(23)25/h9-13,18,24,26,32H,14-17H2,1-8H3/t24-,26-,27-,28?/m1/s1. The molecule has 3 rings (SSSR count). The lowest BCUT2D eigenvalue weighted by Crippen LogP contribution is -2.56. The maximum atomic E-state index is 12.3. The lowest BCUT2D eigenvalue weighted by Gasteiger charge is -2.39. The highest BCUT2D eigenvalue weighted by Crippen LogP contribution is 2.49. The zero-order chi connectivity index (χ0) is 26.5. The topological polar surface area (TPSA) is 87.3 Å². The smallest absolute Gasteiger partial charge is 0.243 e. The lowest BCUT2D eigenvalue weighted by molar-refractivity contribution is -0.288. The molecule has 1 unspecified atom stereocenters. The first-order valence-corrected chi connectivity index (χ1v) is 12.4. The fraction of sp³-hybridized carbons (Fsp3) is 0.571. The molecule has 8 heteroatoms. The van der Waals surface area contributed by atoms with E-state index in [1.54, 1.807) is 10.6 Å². The third-order valence-electron chi connectivity index (χ3n) is 6.40. The van der Waals surface area contributed by atoms with Crippen LogP contribution in [0.1, 0.15) is 59.9 Å². The third kappa shape index (κ3) is 5.95. The number of fused-ring (bicyclic) bond motifs is 1. The first kappa shape index (κ1) is 28.2. The van der Waals surface area contributed by atoms with Gasteiger partial charge in [-0.3, -0.25) is 0 Å². The summed E-state index contributed by atoms with van der Waals surface area (Å²) in [7, 11) is 0. The molecule has 2 aromatic rings. The van der Waals surface area contributed by atoms with E-state index >= 15 is 0 Å². The highest BCUT2D eigenvalue weighted by molar-refractivity contribution is 5.53. The van der Waals surface area contributed by atoms with E-state index in [4.69, 9.17) is 18.9 Å². The van der Waals surface area contributed by atoms with Gasteiger partial charge in [0.1, 0.15) is 24.2 Å². The van der Waals surface area contributed by atoms with Crippen LogP contribution in [0.25, 0.3) is 5.52 Å². The van der Waals surface area contributed by atoms with Gasteiger partial charge in [0, 0.05) is 0 Å². The van der Waals surface area contributed by atoms with Crippen LogP contribution in [0, 0.1) is 6.92 Å². The van der Waals surface area contributed by atoms with E-state index in [1.807, 2.05) is 79.7 Å². The molecule has 4 atom stereocenters. The van der Waals surface area contributed by atoms with Gasteiger partial charge in [0.2, 0.25) is 5.79 Å². The summed E-state index contributed by atoms with van der Waals surface area (Å²) >= 11 is 0. The summed E-state index contributed by atoms with van der Waals surface area (Å²) in [6, 6.07) is 3.68. The molecule has 1 aliphatic heterocycles. The van der Waals surface area contributed by atoms with Crippen LogP contribution >= 0.6 is 0 Å². The monoisotopic (exact) mass is 499 g/mol. The van der Waals surface area contributed by atoms with Crippen molar-refractivity contribution >= 4 is 5.52 Å². The van der Waals surface area contributed by atoms with Crippen LogP contribution in [0.4, 0.5) is 0 Å². The van der Waals surface area contributed by atoms with Gasteiger partial charge in [-0.2, -0.15) is 5.10 Å². The lowest BCUT2D eigenvalue weighted by atomic mass is 9.87. The number of hydrogen-bond acceptors (Lipinski definition) is 7. The fourth-order valence-corrected chi connectivity index (χ4v) is 4.25. The summed E-state index contributed by atoms with van der Waals surface area (Å²) in [5.74, 6) is -1.87. The number of rotatable bonds is 11. The average molecular weight is 500 g/mol. The summed E-state index contributed by atoms with van der Waals surface area (Å²) < 4.78 is 26.8. The molecular weight excluding hydrogens is 458 g/mol. The van der Waals surface area contributed by atoms with Gasteiger partial charge in [0.25, 0.3) is 0 Å². The maximum Gasteiger partial charge on any atom is 0.243 e. The molecule has 8 nitrogen and oxygen atoms in total. The molecule has 0 aliphatic carbocycles. The van der Waals surface area contributed by atoms with Crippen LogP contribution in [0.2, 0.25) is 0 Å². The molecule has 0 saturated carbocycles. The molecule has 198 valence electrons. The average Bonchev–Trinajstić information content (AvgIpc) is 3.31. The largest absolute Gasteiger partial charge is 0.375 e. The minimum atomic E-state index is -1.87. The predicted octanol–water partition coefficient (Wildman–Crippen LogP) is 4.66. The van der Waals surface area contributed by atoms with Crippen LogP contribution in [0.5, 0.6) is 0 Å². The van der Waals surface area contributed by atoms with Crippen molar-refractivity contribution in [2.75, 3.05) is 26.4 Å². The first-order valence-electron chi connectivity index (χ1n) is 12.4. The van der Waals surface area contributed by atoms with Crippen LogP contribution in [-0.2, 0) is 24.7 Å². The van der Waals surface area contributed by atoms with E-state index < -0.39 is 23.6 Å². The van der Waals surface area contributed by atoms with E-state index in [0.717, 1.165) is 22.4 Å². The Morgan fingerprint density at radius 3 is 2.33 bits per heavy atom. The fourth-order valence-electron chi connectivity index (χ4n) is 4.25. The third-order valence-corrected chi connectivity index (χ3v) is 6.40. The van der Waals surface area contributed by atoms with Gasteiger partial charge in [0.05, 0.1) is 37.6 Å². The van der Waals surface area contributed by atoms with Gasteiger partial charge < -0.3 is 24.1 Å². The highest BCUT2D eigenvalue weighted by atomic mass is 16.7.